The van der Waals surface area contributed by atoms with Crippen LogP contribution >= 0.6 is 27.3 Å². The first kappa shape index (κ1) is 16.2. The van der Waals surface area contributed by atoms with Crippen molar-refractivity contribution in [2.24, 2.45) is 5.92 Å². The van der Waals surface area contributed by atoms with E-state index in [2.05, 4.69) is 60.4 Å². The summed E-state index contributed by atoms with van der Waals surface area (Å²) in [6, 6.07) is 2.39. The number of ether oxygens (including phenoxy) is 1. The third-order valence-electron chi connectivity index (χ3n) is 2.89. The number of thiophene rings is 1. The number of rotatable bonds is 8. The van der Waals surface area contributed by atoms with Crippen molar-refractivity contribution in [3.63, 3.8) is 0 Å². The molecule has 0 aliphatic rings. The largest absolute Gasteiger partial charge is 0.376 e. The predicted molar refractivity (Wildman–Crippen MR) is 83.3 cm³/mol. The highest BCUT2D eigenvalue weighted by Crippen LogP contribution is 2.34. The Morgan fingerprint density at radius 3 is 2.56 bits per heavy atom. The summed E-state index contributed by atoms with van der Waals surface area (Å²) in [6.45, 7) is 10.5. The van der Waals surface area contributed by atoms with E-state index in [1.54, 1.807) is 11.3 Å². The van der Waals surface area contributed by atoms with Crippen LogP contribution < -0.4 is 5.32 Å². The Hall–Kier alpha value is 0.1000. The predicted octanol–water partition coefficient (Wildman–Crippen LogP) is 4.61. The molecule has 1 rings (SSSR count). The van der Waals surface area contributed by atoms with Crippen LogP contribution in [-0.4, -0.2) is 19.3 Å². The van der Waals surface area contributed by atoms with Gasteiger partial charge in [0.15, 0.2) is 0 Å². The Kier molecular flexibility index (Phi) is 7.46. The highest BCUT2D eigenvalue weighted by atomic mass is 79.9. The van der Waals surface area contributed by atoms with E-state index in [-0.39, 0.29) is 12.1 Å². The molecule has 0 aromatic carbocycles. The van der Waals surface area contributed by atoms with Gasteiger partial charge in [0.1, 0.15) is 0 Å². The highest BCUT2D eigenvalue weighted by Gasteiger charge is 2.28. The van der Waals surface area contributed by atoms with Gasteiger partial charge in [-0.1, -0.05) is 20.8 Å². The van der Waals surface area contributed by atoms with Gasteiger partial charge in [-0.15, -0.1) is 11.3 Å². The minimum atomic E-state index is 0.219. The molecule has 0 fully saturated rings. The van der Waals surface area contributed by atoms with Crippen molar-refractivity contribution in [2.45, 2.75) is 46.3 Å². The van der Waals surface area contributed by atoms with E-state index in [0.717, 1.165) is 19.6 Å². The first-order chi connectivity index (χ1) is 8.61. The number of hydrogen-bond donors (Lipinski definition) is 1. The van der Waals surface area contributed by atoms with Crippen LogP contribution in [0.4, 0.5) is 0 Å². The lowest BCUT2D eigenvalue weighted by Gasteiger charge is -2.30. The van der Waals surface area contributed by atoms with E-state index in [0.29, 0.717) is 5.92 Å². The minimum Gasteiger partial charge on any atom is -0.376 e. The van der Waals surface area contributed by atoms with Crippen molar-refractivity contribution in [1.82, 2.24) is 5.32 Å². The molecule has 0 radical (unpaired) electrons. The summed E-state index contributed by atoms with van der Waals surface area (Å²) in [5, 5.41) is 5.76. The summed E-state index contributed by atoms with van der Waals surface area (Å²) in [5.74, 6) is 0.494. The lowest BCUT2D eigenvalue weighted by Crippen LogP contribution is -2.37. The van der Waals surface area contributed by atoms with Gasteiger partial charge in [-0.2, -0.15) is 0 Å². The molecule has 0 aliphatic carbocycles. The van der Waals surface area contributed by atoms with Crippen molar-refractivity contribution >= 4 is 27.3 Å². The molecule has 0 saturated heterocycles. The average Bonchev–Trinajstić information content (AvgIpc) is 2.74. The van der Waals surface area contributed by atoms with Crippen molar-refractivity contribution < 1.29 is 4.74 Å². The van der Waals surface area contributed by atoms with Gasteiger partial charge in [0, 0.05) is 16.0 Å². The maximum absolute atomic E-state index is 5.96. The molecule has 0 aliphatic heterocycles. The molecule has 2 nitrogen and oxygen atoms in total. The smallest absolute Gasteiger partial charge is 0.0800 e. The maximum Gasteiger partial charge on any atom is 0.0800 e. The molecule has 104 valence electrons. The zero-order valence-corrected chi connectivity index (χ0v) is 14.1. The molecule has 0 saturated carbocycles. The van der Waals surface area contributed by atoms with Crippen LogP contribution in [0.15, 0.2) is 15.9 Å². The van der Waals surface area contributed by atoms with Gasteiger partial charge in [-0.05, 0) is 53.2 Å². The second kappa shape index (κ2) is 8.31. The normalized spacial score (nSPS) is 15.0. The van der Waals surface area contributed by atoms with E-state index in [9.17, 15) is 0 Å². The van der Waals surface area contributed by atoms with E-state index in [4.69, 9.17) is 4.74 Å². The molecule has 0 amide bonds. The van der Waals surface area contributed by atoms with E-state index in [1.807, 2.05) is 0 Å². The van der Waals surface area contributed by atoms with E-state index >= 15 is 0 Å². The Morgan fingerprint density at radius 1 is 1.39 bits per heavy atom. The van der Waals surface area contributed by atoms with Crippen molar-refractivity contribution in [1.29, 1.82) is 0 Å². The lowest BCUT2D eigenvalue weighted by molar-refractivity contribution is 0.00354. The topological polar surface area (TPSA) is 21.3 Å². The van der Waals surface area contributed by atoms with Gasteiger partial charge in [-0.3, -0.25) is 0 Å². The van der Waals surface area contributed by atoms with Crippen molar-refractivity contribution in [3.05, 3.63) is 20.8 Å². The second-order valence-electron chi connectivity index (χ2n) is 4.73. The van der Waals surface area contributed by atoms with Gasteiger partial charge in [0.05, 0.1) is 12.1 Å². The SMILES string of the molecule is CCCNC(c1sccc1Br)C(OCC)C(C)C. The molecular formula is C14H24BrNOS. The second-order valence-corrected chi connectivity index (χ2v) is 6.53. The van der Waals surface area contributed by atoms with Crippen molar-refractivity contribution in [3.8, 4) is 0 Å². The Morgan fingerprint density at radius 2 is 2.11 bits per heavy atom. The van der Waals surface area contributed by atoms with Gasteiger partial charge in [0.2, 0.25) is 0 Å². The first-order valence-electron chi connectivity index (χ1n) is 6.69. The maximum atomic E-state index is 5.96. The monoisotopic (exact) mass is 333 g/mol. The number of halogens is 1. The van der Waals surface area contributed by atoms with E-state index < -0.39 is 0 Å². The molecule has 0 bridgehead atoms. The zero-order chi connectivity index (χ0) is 13.5. The fourth-order valence-corrected chi connectivity index (χ4v) is 3.78. The molecule has 18 heavy (non-hydrogen) atoms. The number of hydrogen-bond acceptors (Lipinski definition) is 3. The Labute approximate surface area is 123 Å². The molecule has 0 spiro atoms. The molecule has 1 aromatic rings. The van der Waals surface area contributed by atoms with Gasteiger partial charge >= 0.3 is 0 Å². The average molecular weight is 334 g/mol. The van der Waals surface area contributed by atoms with Crippen LogP contribution in [0.2, 0.25) is 0 Å². The van der Waals surface area contributed by atoms with E-state index in [1.165, 1.54) is 9.35 Å². The molecule has 4 heteroatoms. The molecule has 2 unspecified atom stereocenters. The third kappa shape index (κ3) is 4.34. The molecule has 1 N–H and O–H groups in total. The van der Waals surface area contributed by atoms with Crippen LogP contribution in [0.3, 0.4) is 0 Å². The summed E-state index contributed by atoms with van der Waals surface area (Å²) in [4.78, 5) is 1.34. The van der Waals surface area contributed by atoms with Gasteiger partial charge in [0.25, 0.3) is 0 Å². The van der Waals surface area contributed by atoms with Crippen LogP contribution in [0.1, 0.15) is 45.0 Å². The molecule has 1 heterocycles. The lowest BCUT2D eigenvalue weighted by atomic mass is 9.98. The van der Waals surface area contributed by atoms with Crippen LogP contribution in [0.5, 0.6) is 0 Å². The van der Waals surface area contributed by atoms with Crippen LogP contribution in [0.25, 0.3) is 0 Å². The standard InChI is InChI=1S/C14H24BrNOS/c1-5-8-16-12(13(10(3)4)17-6-2)14-11(15)7-9-18-14/h7,9-10,12-13,16H,5-6,8H2,1-4H3. The molecule has 1 aromatic heterocycles. The van der Waals surface area contributed by atoms with Crippen LogP contribution in [-0.2, 0) is 4.74 Å². The Balaban J connectivity index is 2.91. The quantitative estimate of drug-likeness (QED) is 0.749. The number of nitrogens with one attached hydrogen (secondary N) is 1. The Bertz CT molecular complexity index is 340. The summed E-state index contributed by atoms with van der Waals surface area (Å²) in [5.41, 5.74) is 0. The fraction of sp³-hybridized carbons (Fsp3) is 0.714. The summed E-state index contributed by atoms with van der Waals surface area (Å²) in [6.07, 6.45) is 1.35. The highest BCUT2D eigenvalue weighted by molar-refractivity contribution is 9.10. The third-order valence-corrected chi connectivity index (χ3v) is 4.84. The van der Waals surface area contributed by atoms with Gasteiger partial charge < -0.3 is 10.1 Å². The fourth-order valence-electron chi connectivity index (χ4n) is 2.05. The minimum absolute atomic E-state index is 0.219. The summed E-state index contributed by atoms with van der Waals surface area (Å²) < 4.78 is 7.15. The summed E-state index contributed by atoms with van der Waals surface area (Å²) in [7, 11) is 0. The van der Waals surface area contributed by atoms with Crippen LogP contribution in [0, 0.1) is 5.92 Å². The first-order valence-corrected chi connectivity index (χ1v) is 8.36. The summed E-state index contributed by atoms with van der Waals surface area (Å²) >= 11 is 5.43. The molecule has 2 atom stereocenters. The molecular weight excluding hydrogens is 310 g/mol. The zero-order valence-electron chi connectivity index (χ0n) is 11.7. The van der Waals surface area contributed by atoms with Crippen molar-refractivity contribution in [2.75, 3.05) is 13.2 Å². The van der Waals surface area contributed by atoms with Gasteiger partial charge in [-0.25, -0.2) is 0 Å².